The molecule has 4 bridgehead atoms. The molecule has 2 atom stereocenters. The molecular weight excluding hydrogens is 556 g/mol. The van der Waals surface area contributed by atoms with Crippen molar-refractivity contribution in [2.24, 2.45) is 0 Å². The number of carbonyl (C=O) groups excluding carboxylic acids is 3. The van der Waals surface area contributed by atoms with E-state index in [1.54, 1.807) is 47.0 Å². The zero-order valence-corrected chi connectivity index (χ0v) is 24.9. The standard InChI is InChI=1S/C31H36N4O6S/c1-4-39-24-13-22-14-25(15-24)41-23-7-5-6-21(12-23)18-40-27-10-11-35(30(37)9-8-28-20(2)32-19-42-28)16-26(27)33-29(36)17-34(3)31(22)38/h5-7,12-15,19,26-27H,4,8-11,16-18H2,1-3H3,(H,33,36)/t26-,27+/m0/s1. The van der Waals surface area contributed by atoms with Crippen LogP contribution >= 0.6 is 11.3 Å². The lowest BCUT2D eigenvalue weighted by Crippen LogP contribution is -2.58. The van der Waals surface area contributed by atoms with Gasteiger partial charge in [-0.2, -0.15) is 0 Å². The van der Waals surface area contributed by atoms with E-state index in [2.05, 4.69) is 10.3 Å². The van der Waals surface area contributed by atoms with E-state index in [9.17, 15) is 14.4 Å². The van der Waals surface area contributed by atoms with Crippen molar-refractivity contribution in [3.63, 3.8) is 0 Å². The van der Waals surface area contributed by atoms with Crippen LogP contribution in [0.3, 0.4) is 0 Å². The van der Waals surface area contributed by atoms with Crippen molar-refractivity contribution < 1.29 is 28.6 Å². The molecule has 11 heteroatoms. The van der Waals surface area contributed by atoms with Crippen LogP contribution in [-0.2, 0) is 27.4 Å². The SMILES string of the molecule is CCOc1cc2cc(c1)C(=O)N(C)CC(=O)N[C@H]1CN(C(=O)CCc3scnc3C)CC[C@H]1OCc1cccc(c1)O2. The van der Waals surface area contributed by atoms with Crippen LogP contribution in [0, 0.1) is 6.92 Å². The maximum atomic E-state index is 13.4. The fourth-order valence-corrected chi connectivity index (χ4v) is 6.02. The van der Waals surface area contributed by atoms with Gasteiger partial charge in [0.25, 0.3) is 5.91 Å². The molecule has 3 amide bonds. The summed E-state index contributed by atoms with van der Waals surface area (Å²) in [6.07, 6.45) is 1.29. The van der Waals surface area contributed by atoms with Gasteiger partial charge in [0, 0.05) is 43.1 Å². The quantitative estimate of drug-likeness (QED) is 0.478. The number of nitrogens with zero attached hydrogens (tertiary/aromatic N) is 3. The Balaban J connectivity index is 1.36. The average molecular weight is 593 g/mol. The monoisotopic (exact) mass is 592 g/mol. The molecule has 1 fully saturated rings. The number of piperidine rings is 1. The number of hydrogen-bond donors (Lipinski definition) is 1. The number of nitrogens with one attached hydrogen (secondary N) is 1. The number of aryl methyl sites for hydroxylation is 2. The van der Waals surface area contributed by atoms with Crippen molar-refractivity contribution in [1.29, 1.82) is 0 Å². The maximum absolute atomic E-state index is 13.4. The lowest BCUT2D eigenvalue weighted by Gasteiger charge is -2.39. The molecule has 2 aliphatic rings. The summed E-state index contributed by atoms with van der Waals surface area (Å²) in [6, 6.07) is 12.2. The Morgan fingerprint density at radius 3 is 2.83 bits per heavy atom. The van der Waals surface area contributed by atoms with E-state index in [0.717, 1.165) is 16.1 Å². The highest BCUT2D eigenvalue weighted by molar-refractivity contribution is 7.09. The smallest absolute Gasteiger partial charge is 0.254 e. The van der Waals surface area contributed by atoms with Crippen molar-refractivity contribution in [2.45, 2.75) is 51.9 Å². The Labute approximate surface area is 249 Å². The van der Waals surface area contributed by atoms with E-state index in [1.165, 1.54) is 4.90 Å². The summed E-state index contributed by atoms with van der Waals surface area (Å²) < 4.78 is 18.1. The molecular formula is C31H36N4O6S. The lowest BCUT2D eigenvalue weighted by molar-refractivity contribution is -0.137. The van der Waals surface area contributed by atoms with Gasteiger partial charge < -0.3 is 29.3 Å². The van der Waals surface area contributed by atoms with Gasteiger partial charge in [-0.3, -0.25) is 14.4 Å². The van der Waals surface area contributed by atoms with Crippen LogP contribution in [0.1, 0.15) is 46.3 Å². The summed E-state index contributed by atoms with van der Waals surface area (Å²) in [5, 5.41) is 3.05. The van der Waals surface area contributed by atoms with Crippen molar-refractivity contribution >= 4 is 29.1 Å². The molecule has 42 heavy (non-hydrogen) atoms. The van der Waals surface area contributed by atoms with Gasteiger partial charge in [0.1, 0.15) is 17.2 Å². The summed E-state index contributed by atoms with van der Waals surface area (Å²) in [5.41, 5.74) is 4.00. The minimum Gasteiger partial charge on any atom is -0.494 e. The van der Waals surface area contributed by atoms with Crippen LogP contribution in [0.25, 0.3) is 0 Å². The maximum Gasteiger partial charge on any atom is 0.254 e. The highest BCUT2D eigenvalue weighted by Gasteiger charge is 2.34. The molecule has 3 heterocycles. The molecule has 222 valence electrons. The molecule has 1 N–H and O–H groups in total. The molecule has 10 nitrogen and oxygen atoms in total. The third-order valence-corrected chi connectivity index (χ3v) is 8.42. The second-order valence-corrected chi connectivity index (χ2v) is 11.5. The second-order valence-electron chi connectivity index (χ2n) is 10.5. The first-order chi connectivity index (χ1) is 20.3. The molecule has 1 aromatic heterocycles. The van der Waals surface area contributed by atoms with Crippen LogP contribution in [0.2, 0.25) is 0 Å². The summed E-state index contributed by atoms with van der Waals surface area (Å²) >= 11 is 1.56. The minimum atomic E-state index is -0.427. The minimum absolute atomic E-state index is 0.0322. The molecule has 3 aromatic rings. The van der Waals surface area contributed by atoms with E-state index in [1.807, 2.05) is 38.1 Å². The fraction of sp³-hybridized carbons (Fsp3) is 0.419. The van der Waals surface area contributed by atoms with Crippen LogP contribution in [0.15, 0.2) is 48.0 Å². The predicted octanol–water partition coefficient (Wildman–Crippen LogP) is 3.96. The Hall–Kier alpha value is -3.96. The van der Waals surface area contributed by atoms with Crippen LogP contribution in [-0.4, -0.2) is 77.9 Å². The first-order valence-corrected chi connectivity index (χ1v) is 15.0. The van der Waals surface area contributed by atoms with Gasteiger partial charge in [0.15, 0.2) is 0 Å². The Bertz CT molecular complexity index is 1440. The Morgan fingerprint density at radius 2 is 2.05 bits per heavy atom. The van der Waals surface area contributed by atoms with Crippen molar-refractivity contribution in [3.8, 4) is 17.2 Å². The zero-order chi connectivity index (χ0) is 29.6. The van der Waals surface area contributed by atoms with E-state index in [0.29, 0.717) is 68.4 Å². The molecule has 5 rings (SSSR count). The number of ether oxygens (including phenoxy) is 3. The fourth-order valence-electron chi connectivity index (χ4n) is 5.24. The van der Waals surface area contributed by atoms with Crippen LogP contribution < -0.4 is 14.8 Å². The summed E-state index contributed by atoms with van der Waals surface area (Å²) in [7, 11) is 1.58. The Kier molecular flexibility index (Phi) is 9.38. The van der Waals surface area contributed by atoms with Gasteiger partial charge in [-0.05, 0) is 56.5 Å². The van der Waals surface area contributed by atoms with E-state index < -0.39 is 6.04 Å². The number of thiazole rings is 1. The number of fused-ring (bicyclic) bond motifs is 5. The largest absolute Gasteiger partial charge is 0.494 e. The van der Waals surface area contributed by atoms with E-state index in [4.69, 9.17) is 14.2 Å². The summed E-state index contributed by atoms with van der Waals surface area (Å²) in [6.45, 7) is 5.27. The third-order valence-electron chi connectivity index (χ3n) is 7.42. The topological polar surface area (TPSA) is 110 Å². The van der Waals surface area contributed by atoms with Gasteiger partial charge >= 0.3 is 0 Å². The predicted molar refractivity (Wildman–Crippen MR) is 158 cm³/mol. The Morgan fingerprint density at radius 1 is 1.19 bits per heavy atom. The first-order valence-electron chi connectivity index (χ1n) is 14.2. The lowest BCUT2D eigenvalue weighted by atomic mass is 10.0. The molecule has 0 radical (unpaired) electrons. The number of likely N-dealkylation sites (tertiary alicyclic amines) is 1. The highest BCUT2D eigenvalue weighted by atomic mass is 32.1. The second kappa shape index (κ2) is 13.3. The highest BCUT2D eigenvalue weighted by Crippen LogP contribution is 2.29. The molecule has 0 aliphatic carbocycles. The van der Waals surface area contributed by atoms with Crippen molar-refractivity contribution in [1.82, 2.24) is 20.1 Å². The third kappa shape index (κ3) is 7.27. The summed E-state index contributed by atoms with van der Waals surface area (Å²) in [5.74, 6) is 0.913. The number of hydrogen-bond acceptors (Lipinski definition) is 8. The molecule has 0 unspecified atom stereocenters. The number of carbonyl (C=O) groups is 3. The van der Waals surface area contributed by atoms with Gasteiger partial charge in [0.2, 0.25) is 11.8 Å². The van der Waals surface area contributed by atoms with Crippen LogP contribution in [0.5, 0.6) is 17.2 Å². The zero-order valence-electron chi connectivity index (χ0n) is 24.1. The van der Waals surface area contributed by atoms with Crippen molar-refractivity contribution in [3.05, 3.63) is 69.7 Å². The first kappa shape index (κ1) is 29.5. The average Bonchev–Trinajstić information content (AvgIpc) is 3.38. The molecule has 1 saturated heterocycles. The molecule has 0 spiro atoms. The number of amides is 3. The van der Waals surface area contributed by atoms with E-state index >= 15 is 0 Å². The molecule has 2 aromatic carbocycles. The number of likely N-dealkylation sites (N-methyl/N-ethyl adjacent to an activating group) is 1. The number of rotatable bonds is 5. The summed E-state index contributed by atoms with van der Waals surface area (Å²) in [4.78, 5) is 48.2. The van der Waals surface area contributed by atoms with Gasteiger partial charge in [-0.1, -0.05) is 12.1 Å². The normalized spacial score (nSPS) is 19.5. The van der Waals surface area contributed by atoms with Gasteiger partial charge in [-0.25, -0.2) is 4.98 Å². The number of aromatic nitrogens is 1. The number of benzene rings is 2. The molecule has 0 saturated carbocycles. The molecule has 2 aliphatic heterocycles. The van der Waals surface area contributed by atoms with Crippen LogP contribution in [0.4, 0.5) is 0 Å². The van der Waals surface area contributed by atoms with E-state index in [-0.39, 0.29) is 30.4 Å². The van der Waals surface area contributed by atoms with Gasteiger partial charge in [-0.15, -0.1) is 11.3 Å². The van der Waals surface area contributed by atoms with Gasteiger partial charge in [0.05, 0.1) is 43.1 Å². The van der Waals surface area contributed by atoms with Crippen molar-refractivity contribution in [2.75, 3.05) is 33.3 Å².